The molecule has 1 unspecified atom stereocenters. The maximum atomic E-state index is 5.67. The maximum absolute atomic E-state index is 5.67. The number of hydrogen-bond acceptors (Lipinski definition) is 5. The number of fused-ring (bicyclic) bond motifs is 1. The SMILES string of the molecule is CCC(C)N1CCC(c2nc(-n3nc(C4CC4)c4ccccc43)no2)CC1. The zero-order chi connectivity index (χ0) is 18.4. The van der Waals surface area contributed by atoms with Gasteiger partial charge >= 0.3 is 0 Å². The van der Waals surface area contributed by atoms with Gasteiger partial charge in [0.2, 0.25) is 5.89 Å². The second-order valence-electron chi connectivity index (χ2n) is 8.09. The lowest BCUT2D eigenvalue weighted by molar-refractivity contribution is 0.148. The smallest absolute Gasteiger partial charge is 0.291 e. The molecule has 1 aliphatic heterocycles. The fourth-order valence-corrected chi connectivity index (χ4v) is 4.23. The summed E-state index contributed by atoms with van der Waals surface area (Å²) in [4.78, 5) is 7.31. The Bertz CT molecular complexity index is 933. The number of rotatable bonds is 5. The van der Waals surface area contributed by atoms with Crippen molar-refractivity contribution in [3.63, 3.8) is 0 Å². The molecule has 6 heteroatoms. The first-order valence-corrected chi connectivity index (χ1v) is 10.3. The van der Waals surface area contributed by atoms with Crippen molar-refractivity contribution in [2.75, 3.05) is 13.1 Å². The van der Waals surface area contributed by atoms with Crippen LogP contribution in [0.3, 0.4) is 0 Å². The van der Waals surface area contributed by atoms with E-state index in [-0.39, 0.29) is 0 Å². The largest absolute Gasteiger partial charge is 0.337 e. The van der Waals surface area contributed by atoms with E-state index in [0.29, 0.717) is 23.8 Å². The molecule has 5 rings (SSSR count). The van der Waals surface area contributed by atoms with Gasteiger partial charge in [-0.2, -0.15) is 14.8 Å². The van der Waals surface area contributed by atoms with Gasteiger partial charge in [0.15, 0.2) is 0 Å². The maximum Gasteiger partial charge on any atom is 0.291 e. The number of para-hydroxylation sites is 1. The summed E-state index contributed by atoms with van der Waals surface area (Å²) in [7, 11) is 0. The van der Waals surface area contributed by atoms with Gasteiger partial charge in [0, 0.05) is 23.3 Å². The van der Waals surface area contributed by atoms with Crippen molar-refractivity contribution in [2.45, 2.75) is 63.8 Å². The topological polar surface area (TPSA) is 60.0 Å². The third-order valence-corrected chi connectivity index (χ3v) is 6.29. The summed E-state index contributed by atoms with van der Waals surface area (Å²) in [5, 5.41) is 10.3. The van der Waals surface area contributed by atoms with Gasteiger partial charge in [0.05, 0.1) is 11.2 Å². The molecule has 1 saturated carbocycles. The van der Waals surface area contributed by atoms with Gasteiger partial charge in [-0.15, -0.1) is 0 Å². The van der Waals surface area contributed by atoms with Gasteiger partial charge in [0.25, 0.3) is 5.95 Å². The Morgan fingerprint density at radius 3 is 2.63 bits per heavy atom. The lowest BCUT2D eigenvalue weighted by atomic mass is 9.95. The van der Waals surface area contributed by atoms with E-state index in [9.17, 15) is 0 Å². The van der Waals surface area contributed by atoms with E-state index in [2.05, 4.69) is 42.1 Å². The van der Waals surface area contributed by atoms with E-state index < -0.39 is 0 Å². The van der Waals surface area contributed by atoms with E-state index in [1.807, 2.05) is 10.7 Å². The van der Waals surface area contributed by atoms with Crippen molar-refractivity contribution >= 4 is 10.9 Å². The molecule has 6 nitrogen and oxygen atoms in total. The molecule has 2 fully saturated rings. The Morgan fingerprint density at radius 1 is 1.11 bits per heavy atom. The molecule has 3 heterocycles. The van der Waals surface area contributed by atoms with Crippen LogP contribution < -0.4 is 0 Å². The monoisotopic (exact) mass is 365 g/mol. The Kier molecular flexibility index (Phi) is 4.23. The summed E-state index contributed by atoms with van der Waals surface area (Å²) in [5.74, 6) is 2.28. The normalized spacial score (nSPS) is 20.4. The minimum Gasteiger partial charge on any atom is -0.337 e. The number of benzene rings is 1. The van der Waals surface area contributed by atoms with E-state index in [1.165, 1.54) is 30.3 Å². The third kappa shape index (κ3) is 3.06. The lowest BCUT2D eigenvalue weighted by Gasteiger charge is -2.34. The molecule has 2 aromatic heterocycles. The summed E-state index contributed by atoms with van der Waals surface area (Å²) < 4.78 is 7.54. The average Bonchev–Trinajstić information content (AvgIpc) is 3.31. The summed E-state index contributed by atoms with van der Waals surface area (Å²) in [6.07, 6.45) is 5.82. The third-order valence-electron chi connectivity index (χ3n) is 6.29. The fraction of sp³-hybridized carbons (Fsp3) is 0.571. The van der Waals surface area contributed by atoms with Crippen molar-refractivity contribution in [3.8, 4) is 5.95 Å². The highest BCUT2D eigenvalue weighted by Gasteiger charge is 2.31. The number of aromatic nitrogens is 4. The standard InChI is InChI=1S/C21H27N5O/c1-3-14(2)25-12-10-16(11-13-25)20-22-21(24-27-20)26-18-7-5-4-6-17(18)19(23-26)15-8-9-15/h4-7,14-16H,3,8-13H2,1-2H3. The first-order chi connectivity index (χ1) is 13.2. The number of hydrogen-bond donors (Lipinski definition) is 0. The van der Waals surface area contributed by atoms with Crippen molar-refractivity contribution in [2.24, 2.45) is 0 Å². The number of likely N-dealkylation sites (tertiary alicyclic amines) is 1. The Morgan fingerprint density at radius 2 is 1.89 bits per heavy atom. The minimum absolute atomic E-state index is 0.358. The van der Waals surface area contributed by atoms with E-state index in [4.69, 9.17) is 14.6 Å². The molecule has 3 aromatic rings. The summed E-state index contributed by atoms with van der Waals surface area (Å²) in [5.41, 5.74) is 2.25. The summed E-state index contributed by atoms with van der Waals surface area (Å²) in [6.45, 7) is 6.78. The molecule has 0 spiro atoms. The van der Waals surface area contributed by atoms with E-state index in [1.54, 1.807) is 0 Å². The quantitative estimate of drug-likeness (QED) is 0.676. The molecule has 1 saturated heterocycles. The van der Waals surface area contributed by atoms with Gasteiger partial charge in [-0.25, -0.2) is 0 Å². The first kappa shape index (κ1) is 16.9. The van der Waals surface area contributed by atoms with Gasteiger partial charge < -0.3 is 9.42 Å². The van der Waals surface area contributed by atoms with Crippen LogP contribution in [0.5, 0.6) is 0 Å². The van der Waals surface area contributed by atoms with Crippen LogP contribution in [0.2, 0.25) is 0 Å². The van der Waals surface area contributed by atoms with Crippen LogP contribution in [0.15, 0.2) is 28.8 Å². The van der Waals surface area contributed by atoms with E-state index in [0.717, 1.165) is 37.3 Å². The second kappa shape index (κ2) is 6.75. The molecule has 27 heavy (non-hydrogen) atoms. The average molecular weight is 365 g/mol. The molecule has 1 atom stereocenters. The van der Waals surface area contributed by atoms with Crippen LogP contribution >= 0.6 is 0 Å². The van der Waals surface area contributed by atoms with E-state index >= 15 is 0 Å². The fourth-order valence-electron chi connectivity index (χ4n) is 4.23. The van der Waals surface area contributed by atoms with Gasteiger partial charge in [0.1, 0.15) is 0 Å². The molecule has 0 amide bonds. The van der Waals surface area contributed by atoms with Gasteiger partial charge in [-0.05, 0) is 63.3 Å². The highest BCUT2D eigenvalue weighted by Crippen LogP contribution is 2.42. The van der Waals surface area contributed by atoms with Crippen LogP contribution in [-0.2, 0) is 0 Å². The molecular weight excluding hydrogens is 338 g/mol. The van der Waals surface area contributed by atoms with Crippen LogP contribution in [0.1, 0.15) is 69.4 Å². The number of nitrogens with zero attached hydrogens (tertiary/aromatic N) is 5. The predicted molar refractivity (Wildman–Crippen MR) is 104 cm³/mol. The minimum atomic E-state index is 0.358. The highest BCUT2D eigenvalue weighted by molar-refractivity contribution is 5.83. The number of piperidine rings is 1. The Labute approximate surface area is 159 Å². The van der Waals surface area contributed by atoms with Crippen molar-refractivity contribution in [1.82, 2.24) is 24.8 Å². The second-order valence-corrected chi connectivity index (χ2v) is 8.09. The zero-order valence-corrected chi connectivity index (χ0v) is 16.1. The molecule has 1 aromatic carbocycles. The molecule has 0 N–H and O–H groups in total. The van der Waals surface area contributed by atoms with Crippen molar-refractivity contribution in [3.05, 3.63) is 35.9 Å². The van der Waals surface area contributed by atoms with Crippen molar-refractivity contribution in [1.29, 1.82) is 0 Å². The molecule has 0 radical (unpaired) electrons. The van der Waals surface area contributed by atoms with Crippen molar-refractivity contribution < 1.29 is 4.52 Å². The molecule has 2 aliphatic rings. The first-order valence-electron chi connectivity index (χ1n) is 10.3. The predicted octanol–water partition coefficient (Wildman–Crippen LogP) is 4.26. The summed E-state index contributed by atoms with van der Waals surface area (Å²) >= 11 is 0. The highest BCUT2D eigenvalue weighted by atomic mass is 16.5. The van der Waals surface area contributed by atoms with Crippen LogP contribution in [0.25, 0.3) is 16.9 Å². The van der Waals surface area contributed by atoms with Gasteiger partial charge in [-0.3, -0.25) is 0 Å². The zero-order valence-electron chi connectivity index (χ0n) is 16.1. The van der Waals surface area contributed by atoms with Crippen LogP contribution in [0, 0.1) is 0 Å². The Balaban J connectivity index is 1.40. The molecule has 0 bridgehead atoms. The molecule has 1 aliphatic carbocycles. The lowest BCUT2D eigenvalue weighted by Crippen LogP contribution is -2.39. The van der Waals surface area contributed by atoms with Crippen LogP contribution in [0.4, 0.5) is 0 Å². The summed E-state index contributed by atoms with van der Waals surface area (Å²) in [6, 6.07) is 9.02. The molecule has 142 valence electrons. The molecular formula is C21H27N5O. The van der Waals surface area contributed by atoms with Gasteiger partial charge in [-0.1, -0.05) is 25.1 Å². The van der Waals surface area contributed by atoms with Crippen LogP contribution in [-0.4, -0.2) is 44.0 Å². The Hall–Kier alpha value is -2.21.